The third kappa shape index (κ3) is 5.00. The van der Waals surface area contributed by atoms with Crippen molar-refractivity contribution in [1.82, 2.24) is 0 Å². The maximum atomic E-state index is 12.3. The van der Waals surface area contributed by atoms with Gasteiger partial charge < -0.3 is 14.8 Å². The summed E-state index contributed by atoms with van der Waals surface area (Å²) in [5.41, 5.74) is 0.870. The van der Waals surface area contributed by atoms with E-state index in [0.717, 1.165) is 0 Å². The van der Waals surface area contributed by atoms with Crippen LogP contribution in [0.4, 0.5) is 20.2 Å². The number of anilines is 1. The molecule has 0 aliphatic carbocycles. The summed E-state index contributed by atoms with van der Waals surface area (Å²) in [5.74, 6) is -0.632. The number of alkyl halides is 2. The second-order valence-electron chi connectivity index (χ2n) is 5.23. The van der Waals surface area contributed by atoms with E-state index in [0.29, 0.717) is 11.3 Å². The van der Waals surface area contributed by atoms with E-state index in [9.17, 15) is 23.7 Å². The molecule has 27 heavy (non-hydrogen) atoms. The first-order chi connectivity index (χ1) is 12.8. The van der Waals surface area contributed by atoms with Crippen molar-refractivity contribution >= 4 is 23.2 Å². The molecular weight excluding hydrogens is 362 g/mol. The monoisotopic (exact) mass is 378 g/mol. The fraction of sp³-hybridized carbons (Fsp3) is 0.167. The first-order valence-corrected chi connectivity index (χ1v) is 7.67. The Kier molecular flexibility index (Phi) is 6.42. The molecule has 0 atom stereocenters. The van der Waals surface area contributed by atoms with Crippen molar-refractivity contribution in [2.45, 2.75) is 6.61 Å². The molecule has 0 spiro atoms. The van der Waals surface area contributed by atoms with E-state index in [-0.39, 0.29) is 22.7 Å². The molecule has 0 bridgehead atoms. The van der Waals surface area contributed by atoms with Gasteiger partial charge in [0.25, 0.3) is 5.69 Å². The van der Waals surface area contributed by atoms with E-state index in [4.69, 9.17) is 4.74 Å². The number of carbonyl (C=O) groups is 1. The van der Waals surface area contributed by atoms with E-state index in [1.807, 2.05) is 0 Å². The highest BCUT2D eigenvalue weighted by Crippen LogP contribution is 2.30. The van der Waals surface area contributed by atoms with Crippen LogP contribution in [0.25, 0.3) is 6.08 Å². The fourth-order valence-corrected chi connectivity index (χ4v) is 2.30. The van der Waals surface area contributed by atoms with Crippen LogP contribution in [0, 0.1) is 10.1 Å². The van der Waals surface area contributed by atoms with Crippen LogP contribution in [0.15, 0.2) is 42.5 Å². The maximum Gasteiger partial charge on any atom is 0.387 e. The summed E-state index contributed by atoms with van der Waals surface area (Å²) in [6, 6.07) is 8.27. The Hall–Kier alpha value is -3.49. The Morgan fingerprint density at radius 3 is 2.56 bits per heavy atom. The zero-order valence-corrected chi connectivity index (χ0v) is 14.4. The molecule has 2 rings (SSSR count). The Morgan fingerprint density at radius 1 is 1.22 bits per heavy atom. The second kappa shape index (κ2) is 8.75. The summed E-state index contributed by atoms with van der Waals surface area (Å²) in [6.45, 7) is -3.02. The van der Waals surface area contributed by atoms with E-state index in [1.54, 1.807) is 13.1 Å². The second-order valence-corrected chi connectivity index (χ2v) is 5.23. The molecule has 0 fully saturated rings. The van der Waals surface area contributed by atoms with Crippen molar-refractivity contribution < 1.29 is 28.0 Å². The normalized spacial score (nSPS) is 10.9. The third-order valence-corrected chi connectivity index (χ3v) is 3.58. The molecule has 1 N–H and O–H groups in total. The number of nitrogens with zero attached hydrogens (tertiary/aromatic N) is 1. The quantitative estimate of drug-likeness (QED) is 0.321. The number of carbonyl (C=O) groups excluding carboxylic acids is 1. The van der Waals surface area contributed by atoms with Gasteiger partial charge in [0, 0.05) is 18.7 Å². The van der Waals surface area contributed by atoms with Crippen LogP contribution < -0.4 is 14.8 Å². The Labute approximate surface area is 153 Å². The number of benzene rings is 2. The summed E-state index contributed by atoms with van der Waals surface area (Å²) in [7, 11) is 2.83. The number of hydrogen-bond donors (Lipinski definition) is 1. The average molecular weight is 378 g/mol. The van der Waals surface area contributed by atoms with Gasteiger partial charge in [-0.15, -0.1) is 0 Å². The average Bonchev–Trinajstić information content (AvgIpc) is 2.65. The largest absolute Gasteiger partial charge is 0.493 e. The van der Waals surface area contributed by atoms with Gasteiger partial charge in [-0.25, -0.2) is 0 Å². The van der Waals surface area contributed by atoms with Crippen LogP contribution >= 0.6 is 0 Å². The van der Waals surface area contributed by atoms with Crippen LogP contribution in [0.1, 0.15) is 15.9 Å². The van der Waals surface area contributed by atoms with Gasteiger partial charge >= 0.3 is 6.61 Å². The molecule has 0 saturated heterocycles. The minimum absolute atomic E-state index is 0.0106. The number of allylic oxidation sites excluding steroid dienone is 1. The Bertz CT molecular complexity index is 884. The van der Waals surface area contributed by atoms with Gasteiger partial charge in [-0.3, -0.25) is 14.9 Å². The van der Waals surface area contributed by atoms with Gasteiger partial charge in [0.05, 0.1) is 12.0 Å². The molecule has 0 aromatic heterocycles. The van der Waals surface area contributed by atoms with Crippen molar-refractivity contribution in [2.24, 2.45) is 0 Å². The van der Waals surface area contributed by atoms with Gasteiger partial charge in [-0.05, 0) is 35.9 Å². The molecule has 0 radical (unpaired) electrons. The molecule has 0 saturated carbocycles. The highest BCUT2D eigenvalue weighted by molar-refractivity contribution is 6.07. The topological polar surface area (TPSA) is 90.7 Å². The van der Waals surface area contributed by atoms with Gasteiger partial charge in [-0.1, -0.05) is 12.1 Å². The number of methoxy groups -OCH3 is 1. The van der Waals surface area contributed by atoms with Crippen LogP contribution in [0.5, 0.6) is 11.5 Å². The standard InChI is InChI=1S/C18H16F2N2O5/c1-21-13-6-3-11(9-14(13)22(24)25)4-7-15(23)12-5-8-16(27-18(19)20)17(10-12)26-2/h3-10,18,21H,1-2H3/b7-4-. The molecule has 0 heterocycles. The summed E-state index contributed by atoms with van der Waals surface area (Å²) in [6.07, 6.45) is 2.64. The van der Waals surface area contributed by atoms with Gasteiger partial charge in [0.15, 0.2) is 17.3 Å². The van der Waals surface area contributed by atoms with Crippen LogP contribution in [-0.2, 0) is 0 Å². The molecule has 0 aliphatic rings. The number of nitro benzene ring substituents is 1. The molecule has 0 unspecified atom stereocenters. The first kappa shape index (κ1) is 19.8. The zero-order valence-electron chi connectivity index (χ0n) is 14.4. The lowest BCUT2D eigenvalue weighted by molar-refractivity contribution is -0.384. The predicted octanol–water partition coefficient (Wildman–Crippen LogP) is 4.14. The maximum absolute atomic E-state index is 12.3. The van der Waals surface area contributed by atoms with Crippen molar-refractivity contribution in [2.75, 3.05) is 19.5 Å². The van der Waals surface area contributed by atoms with E-state index in [1.165, 1.54) is 49.6 Å². The van der Waals surface area contributed by atoms with Crippen LogP contribution in [0.3, 0.4) is 0 Å². The highest BCUT2D eigenvalue weighted by atomic mass is 19.3. The molecule has 142 valence electrons. The minimum Gasteiger partial charge on any atom is -0.493 e. The lowest BCUT2D eigenvalue weighted by Crippen LogP contribution is -2.04. The minimum atomic E-state index is -3.02. The van der Waals surface area contributed by atoms with E-state index in [2.05, 4.69) is 10.1 Å². The van der Waals surface area contributed by atoms with Gasteiger partial charge in [0.1, 0.15) is 5.69 Å². The van der Waals surface area contributed by atoms with E-state index >= 15 is 0 Å². The number of halogens is 2. The van der Waals surface area contributed by atoms with Crippen LogP contribution in [-0.4, -0.2) is 31.5 Å². The molecular formula is C18H16F2N2O5. The Balaban J connectivity index is 2.24. The molecule has 9 heteroatoms. The molecule has 0 aliphatic heterocycles. The molecule has 2 aromatic carbocycles. The predicted molar refractivity (Wildman–Crippen MR) is 95.6 cm³/mol. The van der Waals surface area contributed by atoms with E-state index < -0.39 is 17.3 Å². The number of ether oxygens (including phenoxy) is 2. The lowest BCUT2D eigenvalue weighted by atomic mass is 10.1. The summed E-state index contributed by atoms with van der Waals surface area (Å²) >= 11 is 0. The number of hydrogen-bond acceptors (Lipinski definition) is 6. The number of ketones is 1. The molecule has 7 nitrogen and oxygen atoms in total. The highest BCUT2D eigenvalue weighted by Gasteiger charge is 2.14. The molecule has 2 aromatic rings. The third-order valence-electron chi connectivity index (χ3n) is 3.58. The lowest BCUT2D eigenvalue weighted by Gasteiger charge is -2.10. The summed E-state index contributed by atoms with van der Waals surface area (Å²) in [5, 5.41) is 13.8. The van der Waals surface area contributed by atoms with Crippen molar-refractivity contribution in [3.63, 3.8) is 0 Å². The van der Waals surface area contributed by atoms with Crippen molar-refractivity contribution in [3.05, 3.63) is 63.7 Å². The van der Waals surface area contributed by atoms with Gasteiger partial charge in [0.2, 0.25) is 0 Å². The van der Waals surface area contributed by atoms with Crippen molar-refractivity contribution in [3.8, 4) is 11.5 Å². The van der Waals surface area contributed by atoms with Gasteiger partial charge in [-0.2, -0.15) is 8.78 Å². The number of nitrogens with one attached hydrogen (secondary N) is 1. The van der Waals surface area contributed by atoms with Crippen molar-refractivity contribution in [1.29, 1.82) is 0 Å². The first-order valence-electron chi connectivity index (χ1n) is 7.67. The Morgan fingerprint density at radius 2 is 1.96 bits per heavy atom. The molecule has 0 amide bonds. The summed E-state index contributed by atoms with van der Waals surface area (Å²) < 4.78 is 33.9. The van der Waals surface area contributed by atoms with Crippen LogP contribution in [0.2, 0.25) is 0 Å². The number of rotatable bonds is 8. The summed E-state index contributed by atoms with van der Waals surface area (Å²) in [4.78, 5) is 22.8. The smallest absolute Gasteiger partial charge is 0.387 e. The SMILES string of the molecule is CNc1ccc(/C=C\C(=O)c2ccc(OC(F)F)c(OC)c2)cc1[N+](=O)[O-]. The fourth-order valence-electron chi connectivity index (χ4n) is 2.30. The number of nitro groups is 1. The zero-order chi connectivity index (χ0) is 20.0.